The van der Waals surface area contributed by atoms with Gasteiger partial charge in [0.05, 0.1) is 22.7 Å². The van der Waals surface area contributed by atoms with Crippen molar-refractivity contribution in [2.75, 3.05) is 13.7 Å². The zero-order valence-corrected chi connectivity index (χ0v) is 14.6. The number of benzene rings is 2. The molecule has 0 aliphatic carbocycles. The van der Waals surface area contributed by atoms with Crippen LogP contribution < -0.4 is 9.47 Å². The van der Waals surface area contributed by atoms with E-state index in [0.29, 0.717) is 27.1 Å². The van der Waals surface area contributed by atoms with Gasteiger partial charge in [0, 0.05) is 0 Å². The van der Waals surface area contributed by atoms with Crippen LogP contribution in [-0.4, -0.2) is 19.7 Å². The van der Waals surface area contributed by atoms with E-state index >= 15 is 0 Å². The van der Waals surface area contributed by atoms with Gasteiger partial charge in [0.15, 0.2) is 11.5 Å². The molecule has 6 heteroatoms. The fourth-order valence-electron chi connectivity index (χ4n) is 1.92. The maximum absolute atomic E-state index is 11.9. The Morgan fingerprint density at radius 3 is 2.58 bits per heavy atom. The maximum Gasteiger partial charge on any atom is 0.338 e. The first-order chi connectivity index (χ1) is 11.5. The van der Waals surface area contributed by atoms with E-state index in [4.69, 9.17) is 37.4 Å². The Balaban J connectivity index is 2.16. The highest BCUT2D eigenvalue weighted by Gasteiger charge is 2.12. The van der Waals surface area contributed by atoms with Gasteiger partial charge in [0.2, 0.25) is 0 Å². The number of esters is 1. The van der Waals surface area contributed by atoms with E-state index in [2.05, 4.69) is 6.58 Å². The van der Waals surface area contributed by atoms with Gasteiger partial charge >= 0.3 is 5.97 Å². The Morgan fingerprint density at radius 1 is 1.12 bits per heavy atom. The second kappa shape index (κ2) is 8.62. The largest absolute Gasteiger partial charge is 0.493 e. The van der Waals surface area contributed by atoms with Crippen LogP contribution in [0, 0.1) is 0 Å². The second-order valence-corrected chi connectivity index (χ2v) is 5.60. The van der Waals surface area contributed by atoms with Crippen molar-refractivity contribution < 1.29 is 19.0 Å². The highest BCUT2D eigenvalue weighted by Crippen LogP contribution is 2.30. The average molecular weight is 367 g/mol. The van der Waals surface area contributed by atoms with E-state index < -0.39 is 5.97 Å². The molecule has 0 unspecified atom stereocenters. The van der Waals surface area contributed by atoms with Crippen molar-refractivity contribution in [3.63, 3.8) is 0 Å². The molecule has 0 saturated heterocycles. The number of carbonyl (C=O) groups is 1. The van der Waals surface area contributed by atoms with Crippen LogP contribution in [0.25, 0.3) is 0 Å². The van der Waals surface area contributed by atoms with Crippen molar-refractivity contribution in [3.05, 3.63) is 70.2 Å². The Kier molecular flexibility index (Phi) is 6.53. The zero-order valence-electron chi connectivity index (χ0n) is 13.1. The molecule has 0 atom stereocenters. The van der Waals surface area contributed by atoms with Gasteiger partial charge in [-0.2, -0.15) is 0 Å². The number of methoxy groups -OCH3 is 1. The molecule has 0 amide bonds. The molecule has 24 heavy (non-hydrogen) atoms. The quantitative estimate of drug-likeness (QED) is 0.515. The van der Waals surface area contributed by atoms with Crippen LogP contribution in [0.3, 0.4) is 0 Å². The number of rotatable bonds is 7. The second-order valence-electron chi connectivity index (χ2n) is 4.79. The van der Waals surface area contributed by atoms with Crippen molar-refractivity contribution in [2.24, 2.45) is 0 Å². The number of hydrogen-bond donors (Lipinski definition) is 0. The first-order valence-electron chi connectivity index (χ1n) is 7.08. The highest BCUT2D eigenvalue weighted by atomic mass is 35.5. The summed E-state index contributed by atoms with van der Waals surface area (Å²) in [6, 6.07) is 10.1. The molecule has 0 heterocycles. The summed E-state index contributed by atoms with van der Waals surface area (Å²) in [7, 11) is 1.52. The Morgan fingerprint density at radius 2 is 1.92 bits per heavy atom. The lowest BCUT2D eigenvalue weighted by Gasteiger charge is -2.12. The first kappa shape index (κ1) is 18.2. The molecule has 0 bridgehead atoms. The molecule has 0 N–H and O–H groups in total. The normalized spacial score (nSPS) is 10.1. The van der Waals surface area contributed by atoms with Crippen LogP contribution in [-0.2, 0) is 11.3 Å². The van der Waals surface area contributed by atoms with Crippen LogP contribution in [0.4, 0.5) is 0 Å². The van der Waals surface area contributed by atoms with Crippen molar-refractivity contribution in [1.29, 1.82) is 0 Å². The lowest BCUT2D eigenvalue weighted by Crippen LogP contribution is -2.06. The topological polar surface area (TPSA) is 44.8 Å². The average Bonchev–Trinajstić information content (AvgIpc) is 2.60. The molecular weight excluding hydrogens is 351 g/mol. The zero-order chi connectivity index (χ0) is 17.5. The molecule has 0 radical (unpaired) electrons. The Labute approximate surface area is 150 Å². The molecule has 0 saturated carbocycles. The summed E-state index contributed by atoms with van der Waals surface area (Å²) >= 11 is 11.9. The molecule has 0 aromatic heterocycles. The van der Waals surface area contributed by atoms with Crippen molar-refractivity contribution >= 4 is 29.2 Å². The van der Waals surface area contributed by atoms with E-state index in [1.165, 1.54) is 13.2 Å². The molecule has 2 aromatic rings. The molecule has 0 aliphatic rings. The maximum atomic E-state index is 11.9. The molecule has 0 fully saturated rings. The van der Waals surface area contributed by atoms with Gasteiger partial charge < -0.3 is 14.2 Å². The summed E-state index contributed by atoms with van der Waals surface area (Å²) in [5.41, 5.74) is 1.20. The van der Waals surface area contributed by atoms with Crippen molar-refractivity contribution in [3.8, 4) is 11.5 Å². The van der Waals surface area contributed by atoms with Crippen molar-refractivity contribution in [1.82, 2.24) is 0 Å². The minimum atomic E-state index is -0.461. The molecular formula is C18H16Cl2O4. The summed E-state index contributed by atoms with van der Waals surface area (Å²) in [4.78, 5) is 11.9. The van der Waals surface area contributed by atoms with Gasteiger partial charge in [0.1, 0.15) is 13.2 Å². The number of hydrogen-bond acceptors (Lipinski definition) is 4. The molecule has 2 rings (SSSR count). The Bertz CT molecular complexity index is 744. The standard InChI is InChI=1S/C18H16Cl2O4/c1-3-8-23-18(21)13-5-7-16(22-2)17(10-13)24-11-12-4-6-14(19)15(20)9-12/h3-7,9-10H,1,8,11H2,2H3. The van der Waals surface area contributed by atoms with E-state index in [-0.39, 0.29) is 13.2 Å². The van der Waals surface area contributed by atoms with Gasteiger partial charge in [-0.3, -0.25) is 0 Å². The number of halogens is 2. The third kappa shape index (κ3) is 4.66. The Hall–Kier alpha value is -2.17. The number of carbonyl (C=O) groups excluding carboxylic acids is 1. The van der Waals surface area contributed by atoms with Gasteiger partial charge in [-0.25, -0.2) is 4.79 Å². The summed E-state index contributed by atoms with van der Waals surface area (Å²) in [6.45, 7) is 3.90. The number of ether oxygens (including phenoxy) is 3. The summed E-state index contributed by atoms with van der Waals surface area (Å²) in [5, 5.41) is 0.927. The van der Waals surface area contributed by atoms with Gasteiger partial charge in [0.25, 0.3) is 0 Å². The van der Waals surface area contributed by atoms with Crippen LogP contribution in [0.1, 0.15) is 15.9 Å². The van der Waals surface area contributed by atoms with Crippen LogP contribution in [0.15, 0.2) is 49.1 Å². The summed E-state index contributed by atoms with van der Waals surface area (Å²) < 4.78 is 16.0. The van der Waals surface area contributed by atoms with Gasteiger partial charge in [-0.1, -0.05) is 41.9 Å². The third-order valence-electron chi connectivity index (χ3n) is 3.11. The predicted octanol–water partition coefficient (Wildman–Crippen LogP) is 4.92. The highest BCUT2D eigenvalue weighted by molar-refractivity contribution is 6.42. The molecule has 0 spiro atoms. The molecule has 0 aliphatic heterocycles. The fourth-order valence-corrected chi connectivity index (χ4v) is 2.25. The van der Waals surface area contributed by atoms with Crippen LogP contribution >= 0.6 is 23.2 Å². The van der Waals surface area contributed by atoms with E-state index in [9.17, 15) is 4.79 Å². The van der Waals surface area contributed by atoms with E-state index in [1.54, 1.807) is 30.3 Å². The SMILES string of the molecule is C=CCOC(=O)c1ccc(OC)c(OCc2ccc(Cl)c(Cl)c2)c1. The molecule has 126 valence electrons. The van der Waals surface area contributed by atoms with Crippen LogP contribution in [0.5, 0.6) is 11.5 Å². The van der Waals surface area contributed by atoms with E-state index in [1.807, 2.05) is 6.07 Å². The van der Waals surface area contributed by atoms with E-state index in [0.717, 1.165) is 5.56 Å². The summed E-state index contributed by atoms with van der Waals surface area (Å²) in [6.07, 6.45) is 1.50. The third-order valence-corrected chi connectivity index (χ3v) is 3.85. The minimum absolute atomic E-state index is 0.143. The first-order valence-corrected chi connectivity index (χ1v) is 7.83. The summed E-state index contributed by atoms with van der Waals surface area (Å²) in [5.74, 6) is 0.476. The van der Waals surface area contributed by atoms with Gasteiger partial charge in [-0.05, 0) is 35.9 Å². The predicted molar refractivity (Wildman–Crippen MR) is 94.3 cm³/mol. The minimum Gasteiger partial charge on any atom is -0.493 e. The molecule has 4 nitrogen and oxygen atoms in total. The lowest BCUT2D eigenvalue weighted by molar-refractivity contribution is 0.0549. The van der Waals surface area contributed by atoms with Crippen LogP contribution in [0.2, 0.25) is 10.0 Å². The molecule has 2 aromatic carbocycles. The lowest BCUT2D eigenvalue weighted by atomic mass is 10.2. The fraction of sp³-hybridized carbons (Fsp3) is 0.167. The van der Waals surface area contributed by atoms with Gasteiger partial charge in [-0.15, -0.1) is 0 Å². The van der Waals surface area contributed by atoms with Crippen molar-refractivity contribution in [2.45, 2.75) is 6.61 Å². The monoisotopic (exact) mass is 366 g/mol. The smallest absolute Gasteiger partial charge is 0.338 e.